The second-order valence-corrected chi connectivity index (χ2v) is 8.69. The van der Waals surface area contributed by atoms with Crippen LogP contribution in [0.25, 0.3) is 0 Å². The van der Waals surface area contributed by atoms with E-state index in [1.54, 1.807) is 0 Å². The number of ether oxygens (including phenoxy) is 2. The number of carbonyl (C=O) groups is 3. The Balaban J connectivity index is 2.74. The van der Waals surface area contributed by atoms with E-state index in [0.717, 1.165) is 0 Å². The smallest absolute Gasteiger partial charge is 0.463 e. The fourth-order valence-electron chi connectivity index (χ4n) is 3.29. The first-order chi connectivity index (χ1) is 21.2. The molecule has 1 amide bonds. The summed E-state index contributed by atoms with van der Waals surface area (Å²) in [5.41, 5.74) is 0. The second kappa shape index (κ2) is 21.5. The molecule has 45 heavy (non-hydrogen) atoms. The molecule has 0 bridgehead atoms. The topological polar surface area (TPSA) is 337 Å². The van der Waals surface area contributed by atoms with Crippen LogP contribution in [0.5, 0.6) is 0 Å². The van der Waals surface area contributed by atoms with Crippen LogP contribution in [-0.2, 0) is 49.8 Å². The molecule has 0 aliphatic heterocycles. The highest BCUT2D eigenvalue weighted by atomic mass is 17.1. The van der Waals surface area contributed by atoms with Crippen LogP contribution in [0.2, 0.25) is 0 Å². The van der Waals surface area contributed by atoms with Gasteiger partial charge in [-0.1, -0.05) is 0 Å². The fourth-order valence-corrected chi connectivity index (χ4v) is 3.29. The molecule has 0 saturated carbocycles. The van der Waals surface area contributed by atoms with Crippen LogP contribution in [0.15, 0.2) is 13.6 Å². The van der Waals surface area contributed by atoms with Crippen molar-refractivity contribution in [1.29, 1.82) is 0 Å². The summed E-state index contributed by atoms with van der Waals surface area (Å²) < 4.78 is 19.5. The van der Waals surface area contributed by atoms with Gasteiger partial charge in [0.15, 0.2) is 24.2 Å². The van der Waals surface area contributed by atoms with Gasteiger partial charge in [0, 0.05) is 12.8 Å². The monoisotopic (exact) mass is 665 g/mol. The van der Waals surface area contributed by atoms with Crippen molar-refractivity contribution in [2.75, 3.05) is 19.8 Å². The summed E-state index contributed by atoms with van der Waals surface area (Å²) in [6, 6.07) is -1.57. The molecular formula is C20H35N5O20. The van der Waals surface area contributed by atoms with E-state index in [-0.39, 0.29) is 50.0 Å². The lowest BCUT2D eigenvalue weighted by molar-refractivity contribution is -0.527. The maximum atomic E-state index is 12.7. The highest BCUT2D eigenvalue weighted by Gasteiger charge is 2.26. The van der Waals surface area contributed by atoms with Crippen molar-refractivity contribution in [2.45, 2.75) is 70.3 Å². The Hall–Kier alpha value is -3.22. The molecule has 1 rings (SSSR count). The van der Waals surface area contributed by atoms with Crippen LogP contribution < -0.4 is 11.1 Å². The first kappa shape index (κ1) is 39.8. The molecule has 25 nitrogen and oxygen atoms in total. The first-order valence-corrected chi connectivity index (χ1v) is 12.7. The second-order valence-electron chi connectivity index (χ2n) is 8.69. The number of rotatable bonds is 24. The van der Waals surface area contributed by atoms with Crippen molar-refractivity contribution < 1.29 is 93.7 Å². The quantitative estimate of drug-likeness (QED) is 0.0459. The number of nitrogens with one attached hydrogen (secondary N) is 1. The van der Waals surface area contributed by atoms with Gasteiger partial charge in [-0.25, -0.2) is 28.9 Å². The minimum Gasteiger partial charge on any atom is -0.463 e. The number of hydrogen-bond acceptors (Lipinski definition) is 24. The number of aryl methyl sites for hydroxylation is 1. The molecule has 0 radical (unpaired) electrons. The average Bonchev–Trinajstić information content (AvgIpc) is 3.26. The molecule has 0 aliphatic carbocycles. The van der Waals surface area contributed by atoms with Crippen molar-refractivity contribution in [3.8, 4) is 0 Å². The van der Waals surface area contributed by atoms with Crippen molar-refractivity contribution in [3.05, 3.63) is 22.1 Å². The highest BCUT2D eigenvalue weighted by molar-refractivity contribution is 5.84. The molecule has 0 aromatic carbocycles. The summed E-state index contributed by atoms with van der Waals surface area (Å²) >= 11 is 0. The zero-order valence-corrected chi connectivity index (χ0v) is 23.6. The first-order valence-electron chi connectivity index (χ1n) is 12.7. The van der Waals surface area contributed by atoms with Crippen LogP contribution in [-0.4, -0.2) is 119 Å². The van der Waals surface area contributed by atoms with E-state index in [1.807, 2.05) is 0 Å². The Morgan fingerprint density at radius 2 is 1.29 bits per heavy atom. The lowest BCUT2D eigenvalue weighted by Crippen LogP contribution is -2.45. The maximum absolute atomic E-state index is 12.7. The van der Waals surface area contributed by atoms with Crippen LogP contribution in [0.1, 0.15) is 50.0 Å². The van der Waals surface area contributed by atoms with E-state index in [1.165, 1.54) is 6.92 Å². The van der Waals surface area contributed by atoms with Gasteiger partial charge in [-0.3, -0.25) is 51.2 Å². The lowest BCUT2D eigenvalue weighted by atomic mass is 10.1. The molecule has 260 valence electrons. The standard InChI is InChI=1S/C20H35N5O20/c1-12-16(43-20(29)42-12)11-39-19(28)15(21-17(26)6-2-4-13(44-24(34)35)8-40-22(30)31)10-38-18(27)7-3-5-14(45-25(36)37)9-41-23(32)33/h13-15,30-37H,2-11H2,1H3,(H,21,26). The van der Waals surface area contributed by atoms with Crippen LogP contribution in [0.4, 0.5) is 0 Å². The van der Waals surface area contributed by atoms with Gasteiger partial charge in [0.2, 0.25) is 5.91 Å². The van der Waals surface area contributed by atoms with Crippen molar-refractivity contribution in [3.63, 3.8) is 0 Å². The van der Waals surface area contributed by atoms with Gasteiger partial charge in [0.05, 0.1) is 21.6 Å². The summed E-state index contributed by atoms with van der Waals surface area (Å²) in [7, 11) is 0. The van der Waals surface area contributed by atoms with Gasteiger partial charge in [-0.05, 0) is 32.6 Å². The van der Waals surface area contributed by atoms with E-state index in [0.29, 0.717) is 0 Å². The predicted octanol–water partition coefficient (Wildman–Crippen LogP) is -1.26. The van der Waals surface area contributed by atoms with Gasteiger partial charge in [-0.15, -0.1) is 0 Å². The number of hydrogen-bond donors (Lipinski definition) is 9. The zero-order valence-electron chi connectivity index (χ0n) is 23.6. The van der Waals surface area contributed by atoms with Crippen LogP contribution in [0.3, 0.4) is 0 Å². The zero-order chi connectivity index (χ0) is 33.9. The summed E-state index contributed by atoms with van der Waals surface area (Å²) in [5, 5.41) is 69.3. The molecule has 0 spiro atoms. The summed E-state index contributed by atoms with van der Waals surface area (Å²) in [6.45, 7) is -1.09. The molecule has 25 heteroatoms. The Morgan fingerprint density at radius 3 is 1.76 bits per heavy atom. The Bertz CT molecular complexity index is 1060. The Morgan fingerprint density at radius 1 is 0.756 bits per heavy atom. The molecule has 0 fully saturated rings. The fraction of sp³-hybridized carbons (Fsp3) is 0.700. The van der Waals surface area contributed by atoms with Crippen molar-refractivity contribution >= 4 is 17.8 Å². The lowest BCUT2D eigenvalue weighted by Gasteiger charge is -2.20. The predicted molar refractivity (Wildman–Crippen MR) is 126 cm³/mol. The minimum atomic E-state index is -1.57. The number of nitrogens with zero attached hydrogens (tertiary/aromatic N) is 4. The van der Waals surface area contributed by atoms with Gasteiger partial charge in [0.1, 0.15) is 32.0 Å². The maximum Gasteiger partial charge on any atom is 0.519 e. The Kier molecular flexibility index (Phi) is 19.0. The van der Waals surface area contributed by atoms with Crippen molar-refractivity contribution in [1.82, 2.24) is 26.9 Å². The van der Waals surface area contributed by atoms with Crippen molar-refractivity contribution in [2.24, 2.45) is 0 Å². The SMILES string of the molecule is Cc1oc(=O)oc1COC(=O)C(COC(=O)CCCC(CON(O)O)ON(O)O)NC(=O)CCCC(CON(O)O)ON(O)O. The van der Waals surface area contributed by atoms with Gasteiger partial charge < -0.3 is 23.6 Å². The molecule has 9 N–H and O–H groups in total. The highest BCUT2D eigenvalue weighted by Crippen LogP contribution is 2.11. The third-order valence-corrected chi connectivity index (χ3v) is 5.29. The molecule has 1 aromatic heterocycles. The molecule has 0 saturated heterocycles. The molecule has 3 unspecified atom stereocenters. The van der Waals surface area contributed by atoms with Crippen LogP contribution >= 0.6 is 0 Å². The van der Waals surface area contributed by atoms with E-state index >= 15 is 0 Å². The van der Waals surface area contributed by atoms with Gasteiger partial charge >= 0.3 is 17.8 Å². The number of esters is 2. The summed E-state index contributed by atoms with van der Waals surface area (Å²) in [4.78, 5) is 66.5. The van der Waals surface area contributed by atoms with E-state index in [4.69, 9.17) is 55.5 Å². The molecule has 1 aromatic rings. The third-order valence-electron chi connectivity index (χ3n) is 5.29. The summed E-state index contributed by atoms with van der Waals surface area (Å²) in [5.74, 6) is -3.89. The van der Waals surface area contributed by atoms with Crippen LogP contribution in [0, 0.1) is 6.92 Å². The van der Waals surface area contributed by atoms with Gasteiger partial charge in [-0.2, -0.15) is 0 Å². The third kappa shape index (κ3) is 19.0. The molecule has 3 atom stereocenters. The van der Waals surface area contributed by atoms with E-state index in [2.05, 4.69) is 29.1 Å². The largest absolute Gasteiger partial charge is 0.519 e. The molecule has 1 heterocycles. The van der Waals surface area contributed by atoms with E-state index in [9.17, 15) is 19.2 Å². The average molecular weight is 666 g/mol. The number of amides is 1. The normalized spacial score (nSPS) is 13.8. The summed E-state index contributed by atoms with van der Waals surface area (Å²) in [6.07, 6.45) is -3.20. The van der Waals surface area contributed by atoms with Gasteiger partial charge in [0.25, 0.3) is 0 Å². The Labute approximate surface area is 251 Å². The molecular weight excluding hydrogens is 630 g/mol. The number of carbonyl (C=O) groups excluding carboxylic acids is 3. The minimum absolute atomic E-state index is 0.0196. The molecule has 0 aliphatic rings. The van der Waals surface area contributed by atoms with E-state index < -0.39 is 89.9 Å².